The Labute approximate surface area is 146 Å². The van der Waals surface area contributed by atoms with Crippen LogP contribution in [0.25, 0.3) is 0 Å². The predicted molar refractivity (Wildman–Crippen MR) is 95.9 cm³/mol. The van der Waals surface area contributed by atoms with E-state index in [1.165, 1.54) is 0 Å². The molecule has 0 aliphatic carbocycles. The average molecular weight is 350 g/mol. The highest BCUT2D eigenvalue weighted by atomic mass is 32.1. The number of rotatable bonds is 4. The molecule has 130 valence electrons. The SMILES string of the molecule is CC1CN(c2ccc(C(=O)NC(=S)C(N)C(N)=O)cc2)CC(C)O1. The van der Waals surface area contributed by atoms with Crippen molar-refractivity contribution in [2.45, 2.75) is 32.1 Å². The van der Waals surface area contributed by atoms with Crippen molar-refractivity contribution < 1.29 is 14.3 Å². The van der Waals surface area contributed by atoms with Crippen LogP contribution >= 0.6 is 12.2 Å². The van der Waals surface area contributed by atoms with Crippen molar-refractivity contribution in [3.8, 4) is 0 Å². The van der Waals surface area contributed by atoms with Gasteiger partial charge in [0.25, 0.3) is 5.91 Å². The van der Waals surface area contributed by atoms with Crippen LogP contribution in [-0.4, -0.2) is 48.1 Å². The first kappa shape index (κ1) is 18.3. The maximum Gasteiger partial charge on any atom is 0.256 e. The second-order valence-corrected chi connectivity index (χ2v) is 6.35. The van der Waals surface area contributed by atoms with E-state index in [9.17, 15) is 9.59 Å². The molecule has 1 fully saturated rings. The number of carbonyl (C=O) groups excluding carboxylic acids is 2. The lowest BCUT2D eigenvalue weighted by atomic mass is 10.1. The molecule has 7 nitrogen and oxygen atoms in total. The number of benzene rings is 1. The highest BCUT2D eigenvalue weighted by molar-refractivity contribution is 7.80. The van der Waals surface area contributed by atoms with Gasteiger partial charge in [-0.15, -0.1) is 0 Å². The Morgan fingerprint density at radius 3 is 2.29 bits per heavy atom. The molecule has 2 amide bonds. The molecule has 1 aromatic rings. The van der Waals surface area contributed by atoms with Gasteiger partial charge in [0, 0.05) is 24.3 Å². The van der Waals surface area contributed by atoms with Crippen molar-refractivity contribution in [3.63, 3.8) is 0 Å². The Bertz CT molecular complexity index is 625. The maximum absolute atomic E-state index is 12.1. The fourth-order valence-electron chi connectivity index (χ4n) is 2.60. The normalized spacial score (nSPS) is 21.9. The van der Waals surface area contributed by atoms with Gasteiger partial charge < -0.3 is 26.4 Å². The van der Waals surface area contributed by atoms with Gasteiger partial charge in [0.2, 0.25) is 5.91 Å². The molecule has 1 aliphatic rings. The van der Waals surface area contributed by atoms with Crippen molar-refractivity contribution in [1.29, 1.82) is 0 Å². The average Bonchev–Trinajstić information content (AvgIpc) is 2.53. The summed E-state index contributed by atoms with van der Waals surface area (Å²) in [5.41, 5.74) is 12.0. The Balaban J connectivity index is 2.02. The summed E-state index contributed by atoms with van der Waals surface area (Å²) in [6.07, 6.45) is 0.314. The van der Waals surface area contributed by atoms with Crippen LogP contribution in [0.5, 0.6) is 0 Å². The second-order valence-electron chi connectivity index (χ2n) is 5.91. The van der Waals surface area contributed by atoms with E-state index < -0.39 is 17.9 Å². The zero-order valence-corrected chi connectivity index (χ0v) is 14.5. The third kappa shape index (κ3) is 4.50. The number of nitrogens with zero attached hydrogens (tertiary/aromatic N) is 1. The number of hydrogen-bond acceptors (Lipinski definition) is 6. The summed E-state index contributed by atoms with van der Waals surface area (Å²) in [6.45, 7) is 5.67. The lowest BCUT2D eigenvalue weighted by molar-refractivity contribution is -0.117. The molecule has 1 heterocycles. The molecule has 3 atom stereocenters. The van der Waals surface area contributed by atoms with E-state index in [1.54, 1.807) is 12.1 Å². The molecule has 0 spiro atoms. The molecular weight excluding hydrogens is 328 g/mol. The van der Waals surface area contributed by atoms with Gasteiger partial charge in [0.15, 0.2) is 0 Å². The minimum atomic E-state index is -1.18. The molecule has 0 bridgehead atoms. The summed E-state index contributed by atoms with van der Waals surface area (Å²) < 4.78 is 5.72. The van der Waals surface area contributed by atoms with Gasteiger partial charge in [-0.25, -0.2) is 0 Å². The van der Waals surface area contributed by atoms with E-state index in [0.717, 1.165) is 18.8 Å². The van der Waals surface area contributed by atoms with Crippen molar-refractivity contribution in [2.75, 3.05) is 18.0 Å². The molecule has 0 radical (unpaired) electrons. The molecule has 8 heteroatoms. The molecule has 0 aromatic heterocycles. The van der Waals surface area contributed by atoms with E-state index in [2.05, 4.69) is 10.2 Å². The van der Waals surface area contributed by atoms with Gasteiger partial charge in [-0.05, 0) is 38.1 Å². The largest absolute Gasteiger partial charge is 0.372 e. The van der Waals surface area contributed by atoms with Crippen LogP contribution in [0.15, 0.2) is 24.3 Å². The third-order valence-corrected chi connectivity index (χ3v) is 4.10. The number of nitrogens with one attached hydrogen (secondary N) is 1. The number of thiocarbonyl (C=S) groups is 1. The summed E-state index contributed by atoms with van der Waals surface area (Å²) in [6, 6.07) is 5.97. The van der Waals surface area contributed by atoms with Crippen LogP contribution in [0.1, 0.15) is 24.2 Å². The first-order chi connectivity index (χ1) is 11.3. The molecule has 1 aliphatic heterocycles. The summed E-state index contributed by atoms with van der Waals surface area (Å²) in [5, 5.41) is 2.42. The zero-order valence-electron chi connectivity index (χ0n) is 13.7. The number of anilines is 1. The summed E-state index contributed by atoms with van der Waals surface area (Å²) >= 11 is 4.90. The van der Waals surface area contributed by atoms with Crippen LogP contribution in [0.3, 0.4) is 0 Å². The third-order valence-electron chi connectivity index (χ3n) is 3.74. The van der Waals surface area contributed by atoms with Crippen molar-refractivity contribution in [3.05, 3.63) is 29.8 Å². The minimum absolute atomic E-state index is 0.0904. The molecule has 2 rings (SSSR count). The monoisotopic (exact) mass is 350 g/mol. The van der Waals surface area contributed by atoms with Gasteiger partial charge in [-0.3, -0.25) is 9.59 Å². The van der Waals surface area contributed by atoms with Gasteiger partial charge in [0.1, 0.15) is 11.0 Å². The Morgan fingerprint density at radius 2 is 1.79 bits per heavy atom. The molecule has 24 heavy (non-hydrogen) atoms. The minimum Gasteiger partial charge on any atom is -0.372 e. The lowest BCUT2D eigenvalue weighted by Crippen LogP contribution is -2.49. The van der Waals surface area contributed by atoms with Crippen molar-refractivity contribution >= 4 is 34.7 Å². The number of nitrogens with two attached hydrogens (primary N) is 2. The molecule has 0 saturated carbocycles. The first-order valence-electron chi connectivity index (χ1n) is 7.68. The molecule has 5 N–H and O–H groups in total. The summed E-state index contributed by atoms with van der Waals surface area (Å²) in [7, 11) is 0. The summed E-state index contributed by atoms with van der Waals surface area (Å²) in [5.74, 6) is -1.21. The lowest BCUT2D eigenvalue weighted by Gasteiger charge is -2.36. The Morgan fingerprint density at radius 1 is 1.25 bits per heavy atom. The van der Waals surface area contributed by atoms with Crippen LogP contribution in [0, 0.1) is 0 Å². The van der Waals surface area contributed by atoms with E-state index >= 15 is 0 Å². The smallest absolute Gasteiger partial charge is 0.256 e. The molecule has 3 unspecified atom stereocenters. The second kappa shape index (κ2) is 7.69. The summed E-state index contributed by atoms with van der Waals surface area (Å²) in [4.78, 5) is 25.2. The van der Waals surface area contributed by atoms with Crippen molar-refractivity contribution in [1.82, 2.24) is 5.32 Å². The van der Waals surface area contributed by atoms with Gasteiger partial charge in [-0.2, -0.15) is 0 Å². The van der Waals surface area contributed by atoms with Gasteiger partial charge in [-0.1, -0.05) is 12.2 Å². The number of amides is 2. The standard InChI is InChI=1S/C16H22N4O3S/c1-9-7-20(8-10(2)23-9)12-5-3-11(4-6-12)15(22)19-16(24)13(17)14(18)21/h3-6,9-10,13H,7-8,17H2,1-2H3,(H2,18,21)(H,19,22,24). The van der Waals surface area contributed by atoms with Crippen molar-refractivity contribution in [2.24, 2.45) is 11.5 Å². The first-order valence-corrected chi connectivity index (χ1v) is 8.09. The predicted octanol–water partition coefficient (Wildman–Crippen LogP) is 0.170. The topological polar surface area (TPSA) is 111 Å². The number of hydrogen-bond donors (Lipinski definition) is 3. The number of primary amides is 1. The Kier molecular flexibility index (Phi) is 5.87. The van der Waals surface area contributed by atoms with E-state index in [4.69, 9.17) is 28.4 Å². The van der Waals surface area contributed by atoms with Crippen LogP contribution in [0.2, 0.25) is 0 Å². The molecular formula is C16H22N4O3S. The highest BCUT2D eigenvalue weighted by Crippen LogP contribution is 2.20. The van der Waals surface area contributed by atoms with E-state index in [1.807, 2.05) is 26.0 Å². The van der Waals surface area contributed by atoms with Gasteiger partial charge in [0.05, 0.1) is 12.2 Å². The fourth-order valence-corrected chi connectivity index (χ4v) is 2.81. The van der Waals surface area contributed by atoms with Crippen LogP contribution < -0.4 is 21.7 Å². The van der Waals surface area contributed by atoms with E-state index in [-0.39, 0.29) is 17.2 Å². The molecule has 1 saturated heterocycles. The van der Waals surface area contributed by atoms with E-state index in [0.29, 0.717) is 5.56 Å². The van der Waals surface area contributed by atoms with Gasteiger partial charge >= 0.3 is 0 Å². The van der Waals surface area contributed by atoms with Crippen LogP contribution in [0.4, 0.5) is 5.69 Å². The fraction of sp³-hybridized carbons (Fsp3) is 0.438. The molecule has 1 aromatic carbocycles. The Hall–Kier alpha value is -2.03. The highest BCUT2D eigenvalue weighted by Gasteiger charge is 2.23. The number of carbonyl (C=O) groups is 2. The number of morpholine rings is 1. The quantitative estimate of drug-likeness (QED) is 0.668. The number of ether oxygens (including phenoxy) is 1. The zero-order chi connectivity index (χ0) is 17.9. The van der Waals surface area contributed by atoms with Crippen LogP contribution in [-0.2, 0) is 9.53 Å². The maximum atomic E-state index is 12.1.